The van der Waals surface area contributed by atoms with Gasteiger partial charge in [-0.05, 0) is 169 Å². The minimum absolute atomic E-state index is 0.281. The lowest BCUT2D eigenvalue weighted by atomic mass is 9.98. The van der Waals surface area contributed by atoms with E-state index in [4.69, 9.17) is 9.47 Å². The Hall–Kier alpha value is -0.120. The van der Waals surface area contributed by atoms with Gasteiger partial charge in [0.1, 0.15) is 0 Å². The monoisotopic (exact) mass is 722 g/mol. The fraction of sp³-hybridized carbons (Fsp3) is 1.00. The van der Waals surface area contributed by atoms with Crippen LogP contribution in [0.15, 0.2) is 0 Å². The van der Waals surface area contributed by atoms with Gasteiger partial charge in [-0.1, -0.05) is 104 Å². The highest BCUT2D eigenvalue weighted by atomic mass is 16.7. The SMILES string of the molecule is CCCCCC1CC1CC1CC1CC1CC1CCCCCC1(CCCCCC2CC2CC2CC2CC2CC2CCCCC)OCC(CCN(C)C)O1. The fourth-order valence-corrected chi connectivity index (χ4v) is 12.0. The molecule has 0 aromatic heterocycles. The highest BCUT2D eigenvalue weighted by molar-refractivity contribution is 5.00. The molecule has 3 heteroatoms. The molecule has 1 saturated heterocycles. The number of unbranched alkanes of at least 4 members (excludes halogenated alkanes) is 8. The predicted molar refractivity (Wildman–Crippen MR) is 219 cm³/mol. The summed E-state index contributed by atoms with van der Waals surface area (Å²) in [7, 11) is 4.36. The molecule has 0 bridgehead atoms. The Balaban J connectivity index is 0.712. The van der Waals surface area contributed by atoms with Crippen LogP contribution in [0.3, 0.4) is 0 Å². The molecule has 52 heavy (non-hydrogen) atoms. The molecule has 13 unspecified atom stereocenters. The van der Waals surface area contributed by atoms with E-state index in [0.717, 1.165) is 103 Å². The average Bonchev–Trinajstić information content (AvgIpc) is 3.87. The van der Waals surface area contributed by atoms with Crippen LogP contribution in [-0.2, 0) is 9.47 Å². The topological polar surface area (TPSA) is 21.7 Å². The zero-order valence-corrected chi connectivity index (χ0v) is 35.2. The fourth-order valence-electron chi connectivity index (χ4n) is 12.0. The summed E-state index contributed by atoms with van der Waals surface area (Å²) in [5.41, 5.74) is 0. The first kappa shape index (κ1) is 40.1. The van der Waals surface area contributed by atoms with Gasteiger partial charge < -0.3 is 14.4 Å². The lowest BCUT2D eigenvalue weighted by Crippen LogP contribution is -2.31. The van der Waals surface area contributed by atoms with Gasteiger partial charge in [0, 0.05) is 19.4 Å². The summed E-state index contributed by atoms with van der Waals surface area (Å²) in [4.78, 5) is 2.29. The Morgan fingerprint density at radius 1 is 0.442 bits per heavy atom. The molecule has 0 spiro atoms. The van der Waals surface area contributed by atoms with Crippen molar-refractivity contribution in [3.8, 4) is 0 Å². The quantitative estimate of drug-likeness (QED) is 0.0665. The van der Waals surface area contributed by atoms with Crippen molar-refractivity contribution in [2.24, 2.45) is 71.0 Å². The Labute approximate surface area is 323 Å². The molecule has 0 radical (unpaired) electrons. The number of nitrogens with zero attached hydrogens (tertiary/aromatic N) is 1. The van der Waals surface area contributed by atoms with Gasteiger partial charge in [0.25, 0.3) is 0 Å². The highest BCUT2D eigenvalue weighted by Gasteiger charge is 2.50. The van der Waals surface area contributed by atoms with Crippen molar-refractivity contribution >= 4 is 0 Å². The highest BCUT2D eigenvalue weighted by Crippen LogP contribution is 2.59. The molecule has 1 aliphatic heterocycles. The van der Waals surface area contributed by atoms with Crippen molar-refractivity contribution in [3.05, 3.63) is 0 Å². The molecule has 300 valence electrons. The molecule has 7 fully saturated rings. The maximum absolute atomic E-state index is 6.81. The zero-order valence-electron chi connectivity index (χ0n) is 35.2. The van der Waals surface area contributed by atoms with Gasteiger partial charge in [0.2, 0.25) is 0 Å². The van der Waals surface area contributed by atoms with E-state index in [2.05, 4.69) is 32.8 Å². The average molecular weight is 722 g/mol. The maximum atomic E-state index is 6.81. The third-order valence-corrected chi connectivity index (χ3v) is 16.3. The van der Waals surface area contributed by atoms with Crippen molar-refractivity contribution in [1.82, 2.24) is 4.90 Å². The van der Waals surface area contributed by atoms with E-state index in [1.807, 2.05) is 0 Å². The van der Waals surface area contributed by atoms with Crippen LogP contribution >= 0.6 is 0 Å². The molecular weight excluding hydrogens is 635 g/mol. The molecule has 1 heterocycles. The van der Waals surface area contributed by atoms with Gasteiger partial charge in [-0.15, -0.1) is 0 Å². The first-order valence-corrected chi connectivity index (χ1v) is 24.4. The van der Waals surface area contributed by atoms with Crippen molar-refractivity contribution in [2.45, 2.75) is 212 Å². The molecule has 3 nitrogen and oxygen atoms in total. The summed E-state index contributed by atoms with van der Waals surface area (Å²) >= 11 is 0. The Kier molecular flexibility index (Phi) is 14.9. The standard InChI is InChI=1S/C49H87NO2/c1-5-7-11-17-36-25-40(36)29-44-33-46(44)31-42-27-38(42)19-13-9-15-22-49(51-35-48(52-49)21-24-50(3)4)23-16-10-14-20-39-28-43(39)32-47-34-45(47)30-41-26-37(41)18-12-8-6-2/h36-48H,5-35H2,1-4H3. The summed E-state index contributed by atoms with van der Waals surface area (Å²) in [6.45, 7) is 6.59. The van der Waals surface area contributed by atoms with Gasteiger partial charge >= 0.3 is 0 Å². The van der Waals surface area contributed by atoms with Crippen LogP contribution in [-0.4, -0.2) is 44.0 Å². The second-order valence-corrected chi connectivity index (χ2v) is 21.2. The predicted octanol–water partition coefficient (Wildman–Crippen LogP) is 13.5. The van der Waals surface area contributed by atoms with Crippen LogP contribution in [0.2, 0.25) is 0 Å². The minimum atomic E-state index is -0.281. The smallest absolute Gasteiger partial charge is 0.168 e. The van der Waals surface area contributed by atoms with Gasteiger partial charge in [0.15, 0.2) is 5.79 Å². The molecule has 6 aliphatic carbocycles. The molecule has 0 aromatic carbocycles. The third kappa shape index (κ3) is 13.0. The third-order valence-electron chi connectivity index (χ3n) is 16.3. The first-order chi connectivity index (χ1) is 25.4. The van der Waals surface area contributed by atoms with Crippen LogP contribution < -0.4 is 0 Å². The summed E-state index contributed by atoms with van der Waals surface area (Å²) in [6.07, 6.45) is 42.4. The van der Waals surface area contributed by atoms with E-state index >= 15 is 0 Å². The molecule has 13 atom stereocenters. The van der Waals surface area contributed by atoms with Crippen molar-refractivity contribution < 1.29 is 9.47 Å². The molecule has 0 aromatic rings. The summed E-state index contributed by atoms with van der Waals surface area (Å²) in [6, 6.07) is 0. The van der Waals surface area contributed by atoms with Crippen LogP contribution in [0.4, 0.5) is 0 Å². The number of hydrogen-bond acceptors (Lipinski definition) is 3. The molecule has 7 aliphatic rings. The maximum Gasteiger partial charge on any atom is 0.168 e. The molecule has 6 saturated carbocycles. The van der Waals surface area contributed by atoms with Crippen molar-refractivity contribution in [1.29, 1.82) is 0 Å². The molecule has 7 rings (SSSR count). The minimum Gasteiger partial charge on any atom is -0.347 e. The van der Waals surface area contributed by atoms with E-state index in [0.29, 0.717) is 0 Å². The van der Waals surface area contributed by atoms with Crippen molar-refractivity contribution in [3.63, 3.8) is 0 Å². The van der Waals surface area contributed by atoms with Gasteiger partial charge in [-0.25, -0.2) is 0 Å². The van der Waals surface area contributed by atoms with Crippen LogP contribution in [0.25, 0.3) is 0 Å². The first-order valence-electron chi connectivity index (χ1n) is 24.4. The van der Waals surface area contributed by atoms with Crippen LogP contribution in [0, 0.1) is 71.0 Å². The van der Waals surface area contributed by atoms with Crippen molar-refractivity contribution in [2.75, 3.05) is 27.2 Å². The van der Waals surface area contributed by atoms with Crippen LogP contribution in [0.5, 0.6) is 0 Å². The van der Waals surface area contributed by atoms with E-state index in [-0.39, 0.29) is 11.9 Å². The summed E-state index contributed by atoms with van der Waals surface area (Å²) in [5, 5.41) is 0. The number of rotatable bonds is 31. The second-order valence-electron chi connectivity index (χ2n) is 21.2. The van der Waals surface area contributed by atoms with Crippen LogP contribution in [0.1, 0.15) is 200 Å². The van der Waals surface area contributed by atoms with Gasteiger partial charge in [0.05, 0.1) is 12.7 Å². The summed E-state index contributed by atoms with van der Waals surface area (Å²) in [5.74, 6) is 13.1. The number of ether oxygens (including phenoxy) is 2. The Bertz CT molecular complexity index is 976. The molecule has 0 amide bonds. The zero-order chi connectivity index (χ0) is 35.9. The van der Waals surface area contributed by atoms with Gasteiger partial charge in [-0.3, -0.25) is 0 Å². The second kappa shape index (κ2) is 19.4. The lowest BCUT2D eigenvalue weighted by molar-refractivity contribution is -0.180. The Morgan fingerprint density at radius 2 is 0.808 bits per heavy atom. The lowest BCUT2D eigenvalue weighted by Gasteiger charge is -2.29. The van der Waals surface area contributed by atoms with E-state index < -0.39 is 0 Å². The van der Waals surface area contributed by atoms with E-state index in [1.54, 1.807) is 64.2 Å². The summed E-state index contributed by atoms with van der Waals surface area (Å²) < 4.78 is 13.4. The largest absolute Gasteiger partial charge is 0.347 e. The molecule has 0 N–H and O–H groups in total. The number of hydrogen-bond donors (Lipinski definition) is 0. The molecular formula is C49H87NO2. The normalized spacial score (nSPS) is 41.1. The van der Waals surface area contributed by atoms with Gasteiger partial charge in [-0.2, -0.15) is 0 Å². The Morgan fingerprint density at radius 3 is 1.19 bits per heavy atom. The van der Waals surface area contributed by atoms with E-state index in [9.17, 15) is 0 Å². The van der Waals surface area contributed by atoms with E-state index in [1.165, 1.54) is 103 Å².